The van der Waals surface area contributed by atoms with E-state index in [1.807, 2.05) is 31.3 Å². The summed E-state index contributed by atoms with van der Waals surface area (Å²) in [5, 5.41) is 5.97. The standard InChI is InChI=1S/C14H22BrN3O2/c1-18(9-10-20-2)8-7-16-11-14(19)17-13-6-4-3-5-12(13)15/h3-6,16H,7-11H2,1-2H3,(H,17,19). The summed E-state index contributed by atoms with van der Waals surface area (Å²) in [5.41, 5.74) is 0.788. The number of halogens is 1. The molecular formula is C14H22BrN3O2. The Labute approximate surface area is 128 Å². The summed E-state index contributed by atoms with van der Waals surface area (Å²) >= 11 is 3.40. The van der Waals surface area contributed by atoms with Gasteiger partial charge in [0.1, 0.15) is 0 Å². The molecule has 1 amide bonds. The number of carbonyl (C=O) groups is 1. The molecule has 5 nitrogen and oxygen atoms in total. The predicted molar refractivity (Wildman–Crippen MR) is 85.0 cm³/mol. The van der Waals surface area contributed by atoms with Crippen LogP contribution in [0.3, 0.4) is 0 Å². The number of para-hydroxylation sites is 1. The van der Waals surface area contributed by atoms with Gasteiger partial charge < -0.3 is 20.3 Å². The highest BCUT2D eigenvalue weighted by molar-refractivity contribution is 9.10. The van der Waals surface area contributed by atoms with E-state index in [0.29, 0.717) is 6.54 Å². The molecule has 0 heterocycles. The van der Waals surface area contributed by atoms with Gasteiger partial charge in [0.25, 0.3) is 0 Å². The second-order valence-electron chi connectivity index (χ2n) is 4.50. The number of rotatable bonds is 9. The van der Waals surface area contributed by atoms with Crippen molar-refractivity contribution in [2.45, 2.75) is 0 Å². The van der Waals surface area contributed by atoms with Crippen LogP contribution in [0.4, 0.5) is 5.69 Å². The third-order valence-electron chi connectivity index (χ3n) is 2.78. The smallest absolute Gasteiger partial charge is 0.238 e. The van der Waals surface area contributed by atoms with Gasteiger partial charge in [-0.15, -0.1) is 0 Å². The second kappa shape index (κ2) is 9.88. The van der Waals surface area contributed by atoms with Gasteiger partial charge in [-0.3, -0.25) is 4.79 Å². The van der Waals surface area contributed by atoms with Crippen LogP contribution in [0.15, 0.2) is 28.7 Å². The van der Waals surface area contributed by atoms with Crippen LogP contribution in [0.5, 0.6) is 0 Å². The van der Waals surface area contributed by atoms with E-state index in [9.17, 15) is 4.79 Å². The minimum atomic E-state index is -0.0450. The Bertz CT molecular complexity index is 415. The molecule has 0 saturated heterocycles. The van der Waals surface area contributed by atoms with E-state index in [2.05, 4.69) is 31.5 Å². The number of nitrogens with one attached hydrogen (secondary N) is 2. The number of anilines is 1. The van der Waals surface area contributed by atoms with Crippen molar-refractivity contribution in [2.75, 3.05) is 52.3 Å². The van der Waals surface area contributed by atoms with Gasteiger partial charge in [0, 0.05) is 31.2 Å². The van der Waals surface area contributed by atoms with Crippen molar-refractivity contribution in [3.63, 3.8) is 0 Å². The van der Waals surface area contributed by atoms with Crippen LogP contribution < -0.4 is 10.6 Å². The first-order chi connectivity index (χ1) is 9.63. The van der Waals surface area contributed by atoms with Gasteiger partial charge >= 0.3 is 0 Å². The van der Waals surface area contributed by atoms with Crippen molar-refractivity contribution >= 4 is 27.5 Å². The van der Waals surface area contributed by atoms with Crippen LogP contribution in [0, 0.1) is 0 Å². The average Bonchev–Trinajstić information content (AvgIpc) is 2.44. The second-order valence-corrected chi connectivity index (χ2v) is 5.36. The van der Waals surface area contributed by atoms with Crippen LogP contribution in [0.2, 0.25) is 0 Å². The molecule has 20 heavy (non-hydrogen) atoms. The van der Waals surface area contributed by atoms with E-state index in [1.165, 1.54) is 0 Å². The number of amides is 1. The lowest BCUT2D eigenvalue weighted by molar-refractivity contribution is -0.115. The largest absolute Gasteiger partial charge is 0.383 e. The van der Waals surface area contributed by atoms with Gasteiger partial charge in [-0.25, -0.2) is 0 Å². The highest BCUT2D eigenvalue weighted by Gasteiger charge is 2.04. The first-order valence-electron chi connectivity index (χ1n) is 6.56. The molecule has 1 aromatic rings. The number of likely N-dealkylation sites (N-methyl/N-ethyl adjacent to an activating group) is 1. The first kappa shape index (κ1) is 17.1. The van der Waals surface area contributed by atoms with Gasteiger partial charge in [0.05, 0.1) is 18.8 Å². The molecule has 0 saturated carbocycles. The highest BCUT2D eigenvalue weighted by Crippen LogP contribution is 2.20. The van der Waals surface area contributed by atoms with Gasteiger partial charge in [0.15, 0.2) is 0 Å². The molecule has 0 bridgehead atoms. The molecule has 0 aliphatic carbocycles. The van der Waals surface area contributed by atoms with Crippen molar-refractivity contribution in [3.05, 3.63) is 28.7 Å². The van der Waals surface area contributed by atoms with E-state index < -0.39 is 0 Å². The van der Waals surface area contributed by atoms with Crippen molar-refractivity contribution in [1.82, 2.24) is 10.2 Å². The summed E-state index contributed by atoms with van der Waals surface area (Å²) < 4.78 is 5.89. The lowest BCUT2D eigenvalue weighted by Gasteiger charge is -2.16. The number of hydrogen-bond donors (Lipinski definition) is 2. The normalized spacial score (nSPS) is 10.8. The number of nitrogens with zero attached hydrogens (tertiary/aromatic N) is 1. The van der Waals surface area contributed by atoms with E-state index >= 15 is 0 Å². The third kappa shape index (κ3) is 7.00. The fourth-order valence-corrected chi connectivity index (χ4v) is 1.97. The zero-order valence-electron chi connectivity index (χ0n) is 12.0. The summed E-state index contributed by atoms with van der Waals surface area (Å²) in [6.07, 6.45) is 0. The van der Waals surface area contributed by atoms with Crippen LogP contribution >= 0.6 is 15.9 Å². The quantitative estimate of drug-likeness (QED) is 0.668. The number of benzene rings is 1. The summed E-state index contributed by atoms with van der Waals surface area (Å²) in [4.78, 5) is 13.9. The zero-order chi connectivity index (χ0) is 14.8. The minimum absolute atomic E-state index is 0.0450. The number of carbonyl (C=O) groups excluding carboxylic acids is 1. The molecule has 0 fully saturated rings. The maximum atomic E-state index is 11.8. The Hall–Kier alpha value is -0.950. The van der Waals surface area contributed by atoms with Crippen LogP contribution in [-0.4, -0.2) is 57.8 Å². The topological polar surface area (TPSA) is 53.6 Å². The number of hydrogen-bond acceptors (Lipinski definition) is 4. The Morgan fingerprint density at radius 2 is 2.10 bits per heavy atom. The molecule has 0 atom stereocenters. The van der Waals surface area contributed by atoms with Crippen LogP contribution in [0.25, 0.3) is 0 Å². The van der Waals surface area contributed by atoms with Crippen molar-refractivity contribution in [3.8, 4) is 0 Å². The van der Waals surface area contributed by atoms with Gasteiger partial charge in [0.2, 0.25) is 5.91 Å². The number of ether oxygens (including phenoxy) is 1. The summed E-state index contributed by atoms with van der Waals surface area (Å²) in [6.45, 7) is 3.56. The van der Waals surface area contributed by atoms with Crippen molar-refractivity contribution in [2.24, 2.45) is 0 Å². The fourth-order valence-electron chi connectivity index (χ4n) is 1.59. The third-order valence-corrected chi connectivity index (χ3v) is 3.47. The molecule has 2 N–H and O–H groups in total. The van der Waals surface area contributed by atoms with E-state index in [0.717, 1.165) is 36.4 Å². The van der Waals surface area contributed by atoms with Crippen molar-refractivity contribution in [1.29, 1.82) is 0 Å². The summed E-state index contributed by atoms with van der Waals surface area (Å²) in [6, 6.07) is 7.56. The SMILES string of the molecule is COCCN(C)CCNCC(=O)Nc1ccccc1Br. The molecule has 0 aliphatic rings. The molecule has 0 aromatic heterocycles. The van der Waals surface area contributed by atoms with Crippen LogP contribution in [0.1, 0.15) is 0 Å². The predicted octanol–water partition coefficient (Wildman–Crippen LogP) is 1.56. The van der Waals surface area contributed by atoms with E-state index in [4.69, 9.17) is 4.74 Å². The molecule has 0 radical (unpaired) electrons. The summed E-state index contributed by atoms with van der Waals surface area (Å²) in [7, 11) is 3.72. The van der Waals surface area contributed by atoms with Crippen molar-refractivity contribution < 1.29 is 9.53 Å². The molecule has 6 heteroatoms. The minimum Gasteiger partial charge on any atom is -0.383 e. The zero-order valence-corrected chi connectivity index (χ0v) is 13.6. The lowest BCUT2D eigenvalue weighted by Crippen LogP contribution is -2.35. The Balaban J connectivity index is 2.16. The molecule has 1 rings (SSSR count). The maximum Gasteiger partial charge on any atom is 0.238 e. The fraction of sp³-hybridized carbons (Fsp3) is 0.500. The highest BCUT2D eigenvalue weighted by atomic mass is 79.9. The molecular weight excluding hydrogens is 322 g/mol. The van der Waals surface area contributed by atoms with Gasteiger partial charge in [-0.1, -0.05) is 12.1 Å². The Morgan fingerprint density at radius 1 is 1.35 bits per heavy atom. The molecule has 112 valence electrons. The lowest BCUT2D eigenvalue weighted by atomic mass is 10.3. The number of methoxy groups -OCH3 is 1. The van der Waals surface area contributed by atoms with Gasteiger partial charge in [-0.2, -0.15) is 0 Å². The average molecular weight is 344 g/mol. The molecule has 0 aliphatic heterocycles. The van der Waals surface area contributed by atoms with E-state index in [-0.39, 0.29) is 5.91 Å². The van der Waals surface area contributed by atoms with Crippen LogP contribution in [-0.2, 0) is 9.53 Å². The molecule has 1 aromatic carbocycles. The van der Waals surface area contributed by atoms with Gasteiger partial charge in [-0.05, 0) is 35.1 Å². The Morgan fingerprint density at radius 3 is 2.80 bits per heavy atom. The maximum absolute atomic E-state index is 11.8. The Kier molecular flexibility index (Phi) is 8.45. The van der Waals surface area contributed by atoms with E-state index in [1.54, 1.807) is 7.11 Å². The summed E-state index contributed by atoms with van der Waals surface area (Å²) in [5.74, 6) is -0.0450. The first-order valence-corrected chi connectivity index (χ1v) is 7.35. The molecule has 0 spiro atoms. The monoisotopic (exact) mass is 343 g/mol. The molecule has 0 unspecified atom stereocenters.